The van der Waals surface area contributed by atoms with Crippen molar-refractivity contribution in [1.29, 1.82) is 0 Å². The van der Waals surface area contributed by atoms with Crippen molar-refractivity contribution in [1.82, 2.24) is 4.98 Å². The number of carboxylic acids is 1. The van der Waals surface area contributed by atoms with Crippen LogP contribution in [0.15, 0.2) is 41.3 Å². The van der Waals surface area contributed by atoms with Crippen molar-refractivity contribution in [2.45, 2.75) is 30.7 Å². The number of aromatic hydroxyl groups is 1. The number of aliphatic hydroxyl groups is 3. The van der Waals surface area contributed by atoms with Crippen LogP contribution in [0.3, 0.4) is 0 Å². The number of hydrogen-bond donors (Lipinski definition) is 5. The van der Waals surface area contributed by atoms with Gasteiger partial charge < -0.3 is 39.4 Å². The quantitative estimate of drug-likeness (QED) is 0.385. The van der Waals surface area contributed by atoms with Crippen LogP contribution in [0.2, 0.25) is 0 Å². The highest BCUT2D eigenvalue weighted by Crippen LogP contribution is 2.34. The van der Waals surface area contributed by atoms with Gasteiger partial charge in [-0.15, -0.1) is 0 Å². The topological polar surface area (TPSA) is 163 Å². The minimum atomic E-state index is -1.85. The number of rotatable bonds is 5. The molecule has 10 nitrogen and oxygen atoms in total. The van der Waals surface area contributed by atoms with E-state index in [0.717, 1.165) is 6.07 Å². The van der Waals surface area contributed by atoms with Crippen molar-refractivity contribution in [3.8, 4) is 23.0 Å². The lowest BCUT2D eigenvalue weighted by Crippen LogP contribution is -2.61. The SMILES string of the molecule is C=Cc1cc(OC2O[C@H](C(=O)O)[C@@H](O)[C@H](O)[C@H]2O)cc2nc(-c3ccc(O)cc3F)oc12. The molecule has 0 bridgehead atoms. The first-order chi connectivity index (χ1) is 15.2. The van der Waals surface area contributed by atoms with Crippen molar-refractivity contribution in [2.75, 3.05) is 0 Å². The highest BCUT2D eigenvalue weighted by Gasteiger charge is 2.48. The van der Waals surface area contributed by atoms with Gasteiger partial charge in [-0.2, -0.15) is 0 Å². The summed E-state index contributed by atoms with van der Waals surface area (Å²) >= 11 is 0. The molecule has 1 aliphatic rings. The monoisotopic (exact) mass is 447 g/mol. The molecule has 0 amide bonds. The number of hydrogen-bond acceptors (Lipinski definition) is 9. The highest BCUT2D eigenvalue weighted by molar-refractivity contribution is 5.86. The van der Waals surface area contributed by atoms with Gasteiger partial charge in [0.05, 0.1) is 5.56 Å². The van der Waals surface area contributed by atoms with E-state index in [4.69, 9.17) is 19.0 Å². The van der Waals surface area contributed by atoms with Crippen molar-refractivity contribution in [3.05, 3.63) is 48.3 Å². The van der Waals surface area contributed by atoms with Crippen molar-refractivity contribution in [2.24, 2.45) is 0 Å². The predicted octanol–water partition coefficient (Wildman–Crippen LogP) is 1.25. The van der Waals surface area contributed by atoms with E-state index in [1.807, 2.05) is 0 Å². The molecule has 5 N–H and O–H groups in total. The molecule has 168 valence electrons. The third-order valence-electron chi connectivity index (χ3n) is 4.96. The van der Waals surface area contributed by atoms with Gasteiger partial charge in [-0.05, 0) is 18.2 Å². The smallest absolute Gasteiger partial charge is 0.335 e. The number of oxazole rings is 1. The van der Waals surface area contributed by atoms with Gasteiger partial charge >= 0.3 is 5.97 Å². The lowest BCUT2D eigenvalue weighted by atomic mass is 9.99. The number of carbonyl (C=O) groups is 1. The lowest BCUT2D eigenvalue weighted by Gasteiger charge is -2.38. The van der Waals surface area contributed by atoms with Crippen LogP contribution in [0.1, 0.15) is 5.56 Å². The molecule has 3 aromatic rings. The van der Waals surface area contributed by atoms with Crippen LogP contribution in [0.4, 0.5) is 4.39 Å². The maximum absolute atomic E-state index is 14.2. The molecule has 0 radical (unpaired) electrons. The molecule has 32 heavy (non-hydrogen) atoms. The first kappa shape index (κ1) is 21.7. The zero-order valence-corrected chi connectivity index (χ0v) is 16.3. The van der Waals surface area contributed by atoms with Gasteiger partial charge in [0.15, 0.2) is 11.7 Å². The Labute approximate surface area is 179 Å². The molecule has 2 aromatic carbocycles. The average Bonchev–Trinajstić information content (AvgIpc) is 3.17. The molecule has 4 rings (SSSR count). The number of benzene rings is 2. The van der Waals surface area contributed by atoms with Crippen LogP contribution in [0.5, 0.6) is 11.5 Å². The third kappa shape index (κ3) is 3.78. The summed E-state index contributed by atoms with van der Waals surface area (Å²) in [6.07, 6.45) is -7.46. The standard InChI is InChI=1S/C21H18FNO9/c1-2-8-5-10(30-21-16(27)14(25)15(26)18(32-21)20(28)29)7-13-17(8)31-19(23-13)11-4-3-9(24)6-12(11)22/h2-7,14-16,18,21,24-27H,1H2,(H,28,29)/t14-,15-,16+,18-,21?/m0/s1. The van der Waals surface area contributed by atoms with Crippen LogP contribution in [0, 0.1) is 5.82 Å². The van der Waals surface area contributed by atoms with Crippen LogP contribution in [0.25, 0.3) is 28.6 Å². The Bertz CT molecular complexity index is 1190. The molecule has 0 saturated carbocycles. The molecule has 1 saturated heterocycles. The Balaban J connectivity index is 1.69. The Morgan fingerprint density at radius 2 is 1.91 bits per heavy atom. The second kappa shape index (κ2) is 8.20. The van der Waals surface area contributed by atoms with E-state index in [9.17, 15) is 29.6 Å². The number of carboxylic acid groups (broad SMARTS) is 1. The largest absolute Gasteiger partial charge is 0.508 e. The zero-order valence-electron chi connectivity index (χ0n) is 16.3. The molecule has 0 aliphatic carbocycles. The fourth-order valence-electron chi connectivity index (χ4n) is 3.33. The van der Waals surface area contributed by atoms with Crippen LogP contribution >= 0.6 is 0 Å². The van der Waals surface area contributed by atoms with Gasteiger partial charge in [-0.1, -0.05) is 12.7 Å². The van der Waals surface area contributed by atoms with Gasteiger partial charge in [-0.3, -0.25) is 0 Å². The minimum Gasteiger partial charge on any atom is -0.508 e. The first-order valence-corrected chi connectivity index (χ1v) is 9.34. The van der Waals surface area contributed by atoms with E-state index in [-0.39, 0.29) is 34.1 Å². The van der Waals surface area contributed by atoms with Gasteiger partial charge in [0.1, 0.15) is 41.1 Å². The fraction of sp³-hybridized carbons (Fsp3) is 0.238. The number of aromatic nitrogens is 1. The molecule has 11 heteroatoms. The fourth-order valence-corrected chi connectivity index (χ4v) is 3.33. The number of phenolic OH excluding ortho intramolecular Hbond substituents is 1. The molecule has 0 spiro atoms. The molecule has 1 aromatic heterocycles. The maximum Gasteiger partial charge on any atom is 0.335 e. The number of ether oxygens (including phenoxy) is 2. The molecule has 1 aliphatic heterocycles. The van der Waals surface area contributed by atoms with Gasteiger partial charge in [0.2, 0.25) is 12.2 Å². The van der Waals surface area contributed by atoms with E-state index in [1.165, 1.54) is 30.3 Å². The van der Waals surface area contributed by atoms with Gasteiger partial charge in [0.25, 0.3) is 0 Å². The van der Waals surface area contributed by atoms with Crippen LogP contribution in [-0.2, 0) is 9.53 Å². The normalized spacial score (nSPS) is 25.6. The number of nitrogens with zero attached hydrogens (tertiary/aromatic N) is 1. The molecule has 2 heterocycles. The van der Waals surface area contributed by atoms with Crippen LogP contribution < -0.4 is 4.74 Å². The Morgan fingerprint density at radius 3 is 2.56 bits per heavy atom. The Kier molecular flexibility index (Phi) is 5.57. The summed E-state index contributed by atoms with van der Waals surface area (Å²) in [5, 5.41) is 48.4. The molecular weight excluding hydrogens is 429 g/mol. The number of aliphatic carboxylic acids is 1. The lowest BCUT2D eigenvalue weighted by molar-refractivity contribution is -0.271. The maximum atomic E-state index is 14.2. The van der Waals surface area contributed by atoms with Crippen molar-refractivity contribution < 1.29 is 48.6 Å². The third-order valence-corrected chi connectivity index (χ3v) is 4.96. The van der Waals surface area contributed by atoms with E-state index in [1.54, 1.807) is 0 Å². The van der Waals surface area contributed by atoms with Crippen molar-refractivity contribution in [3.63, 3.8) is 0 Å². The van der Waals surface area contributed by atoms with E-state index in [0.29, 0.717) is 5.56 Å². The molecule has 1 unspecified atom stereocenters. The molecule has 5 atom stereocenters. The van der Waals surface area contributed by atoms with Crippen molar-refractivity contribution >= 4 is 23.1 Å². The Hall–Kier alpha value is -3.51. The second-order valence-electron chi connectivity index (χ2n) is 7.10. The van der Waals surface area contributed by atoms with Crippen LogP contribution in [-0.4, -0.2) is 67.2 Å². The Morgan fingerprint density at radius 1 is 1.16 bits per heavy atom. The summed E-state index contributed by atoms with van der Waals surface area (Å²) in [6.45, 7) is 3.67. The van der Waals surface area contributed by atoms with Gasteiger partial charge in [-0.25, -0.2) is 14.2 Å². The summed E-state index contributed by atoms with van der Waals surface area (Å²) < 4.78 is 30.5. The predicted molar refractivity (Wildman–Crippen MR) is 106 cm³/mol. The summed E-state index contributed by atoms with van der Waals surface area (Å²) in [5.41, 5.74) is 0.861. The zero-order chi connectivity index (χ0) is 23.2. The molecular formula is C21H18FNO9. The number of aliphatic hydroxyl groups excluding tert-OH is 3. The summed E-state index contributed by atoms with van der Waals surface area (Å²) in [7, 11) is 0. The second-order valence-corrected chi connectivity index (χ2v) is 7.10. The van der Waals surface area contributed by atoms with E-state index >= 15 is 0 Å². The summed E-state index contributed by atoms with van der Waals surface area (Å²) in [4.78, 5) is 15.5. The summed E-state index contributed by atoms with van der Waals surface area (Å²) in [6, 6.07) is 6.28. The molecule has 1 fully saturated rings. The minimum absolute atomic E-state index is 0.00364. The summed E-state index contributed by atoms with van der Waals surface area (Å²) in [5.74, 6) is -2.58. The van der Waals surface area contributed by atoms with E-state index in [2.05, 4.69) is 11.6 Å². The van der Waals surface area contributed by atoms with Gasteiger partial charge in [0, 0.05) is 17.7 Å². The highest BCUT2D eigenvalue weighted by atomic mass is 19.1. The average molecular weight is 447 g/mol. The number of halogens is 1. The van der Waals surface area contributed by atoms with E-state index < -0.39 is 42.5 Å². The number of phenols is 1. The number of fused-ring (bicyclic) bond motifs is 1. The first-order valence-electron chi connectivity index (χ1n) is 9.34.